The van der Waals surface area contributed by atoms with Crippen molar-refractivity contribution < 1.29 is 23.4 Å². The Labute approximate surface area is 698 Å². The maximum absolute atomic E-state index is 13.4. The lowest BCUT2D eigenvalue weighted by molar-refractivity contribution is -0.136. The van der Waals surface area contributed by atoms with Crippen LogP contribution in [-0.2, 0) is 45.6 Å². The Morgan fingerprint density at radius 1 is 0.383 bits per heavy atom. The molecule has 4 aromatic carbocycles. The van der Waals surface area contributed by atoms with Gasteiger partial charge in [0.15, 0.2) is 0 Å². The van der Waals surface area contributed by atoms with Crippen molar-refractivity contribution in [2.75, 3.05) is 200 Å². The number of piperazine rings is 4. The first-order valence-corrected chi connectivity index (χ1v) is 41.1. The lowest BCUT2D eigenvalue weighted by Gasteiger charge is -2.34. The lowest BCUT2D eigenvalue weighted by atomic mass is 10.1. The highest BCUT2D eigenvalue weighted by atomic mass is 19.4. The van der Waals surface area contributed by atoms with E-state index in [0.29, 0.717) is 36.7 Å². The third-order valence-electron chi connectivity index (χ3n) is 23.1. The van der Waals surface area contributed by atoms with E-state index in [0.717, 1.165) is 236 Å². The van der Waals surface area contributed by atoms with Gasteiger partial charge in [0.05, 0.1) is 118 Å². The van der Waals surface area contributed by atoms with Crippen LogP contribution in [0.5, 0.6) is 0 Å². The van der Waals surface area contributed by atoms with Gasteiger partial charge in [0.25, 0.3) is 0 Å². The number of aliphatic hydroxyl groups excluding tert-OH is 2. The van der Waals surface area contributed by atoms with Crippen LogP contribution >= 0.6 is 0 Å². The molecule has 0 unspecified atom stereocenters. The Morgan fingerprint density at radius 3 is 1.34 bits per heavy atom. The van der Waals surface area contributed by atoms with Gasteiger partial charge in [-0.05, 0) is 121 Å². The van der Waals surface area contributed by atoms with Crippen LogP contribution in [0.25, 0.3) is 54.9 Å². The molecule has 4 saturated heterocycles. The molecule has 2 N–H and O–H groups in total. The Morgan fingerprint density at radius 2 is 0.817 bits per heavy atom. The number of anilines is 8. The molecule has 4 aliphatic rings. The zero-order chi connectivity index (χ0) is 83.7. The van der Waals surface area contributed by atoms with Gasteiger partial charge in [-0.25, -0.2) is 29.9 Å². The summed E-state index contributed by atoms with van der Waals surface area (Å²) in [6.07, 6.45) is 4.76. The fourth-order valence-electron chi connectivity index (χ4n) is 16.4. The number of nitrogens with zero attached hydrogens (tertiary/aromatic N) is 24. The monoisotopic (exact) mass is 1620 g/mol. The van der Waals surface area contributed by atoms with Crippen molar-refractivity contribution in [3.8, 4) is 0 Å². The van der Waals surface area contributed by atoms with Gasteiger partial charge in [-0.1, -0.05) is 72.8 Å². The Balaban J connectivity index is 0.000000125. The van der Waals surface area contributed by atoms with Gasteiger partial charge < -0.3 is 69.0 Å². The summed E-state index contributed by atoms with van der Waals surface area (Å²) < 4.78 is 44.6. The quantitative estimate of drug-likeness (QED) is 0.0816. The van der Waals surface area contributed by atoms with Gasteiger partial charge in [0.1, 0.15) is 46.2 Å². The molecule has 0 radical (unpaired) electrons. The summed E-state index contributed by atoms with van der Waals surface area (Å²) in [6, 6.07) is 51.0. The summed E-state index contributed by atoms with van der Waals surface area (Å²) in [6.45, 7) is 21.8. The van der Waals surface area contributed by atoms with Gasteiger partial charge in [-0.3, -0.25) is 28.7 Å². The minimum atomic E-state index is -4.43. The third-order valence-corrected chi connectivity index (χ3v) is 23.1. The van der Waals surface area contributed by atoms with E-state index in [2.05, 4.69) is 248 Å². The molecule has 4 aliphatic heterocycles. The summed E-state index contributed by atoms with van der Waals surface area (Å²) in [4.78, 5) is 73.4. The molecule has 4 fully saturated rings. The van der Waals surface area contributed by atoms with E-state index in [1.54, 1.807) is 0 Å². The van der Waals surface area contributed by atoms with Crippen LogP contribution in [0.4, 0.5) is 59.2 Å². The summed E-state index contributed by atoms with van der Waals surface area (Å²) >= 11 is 0. The predicted octanol–water partition coefficient (Wildman–Crippen LogP) is 12.0. The van der Waals surface area contributed by atoms with Crippen molar-refractivity contribution in [3.05, 3.63) is 240 Å². The highest BCUT2D eigenvalue weighted by Gasteiger charge is 2.34. The highest BCUT2D eigenvalue weighted by molar-refractivity contribution is 5.94. The number of likely N-dealkylation sites (N-methyl/N-ethyl adjacent to an activating group) is 4. The Hall–Kier alpha value is -12.0. The van der Waals surface area contributed by atoms with E-state index in [-0.39, 0.29) is 18.6 Å². The highest BCUT2D eigenvalue weighted by Crippen LogP contribution is 2.39. The minimum absolute atomic E-state index is 0.0527. The van der Waals surface area contributed by atoms with Crippen molar-refractivity contribution >= 4 is 101 Å². The molecule has 29 heteroatoms. The van der Waals surface area contributed by atoms with E-state index in [1.807, 2.05) is 87.8 Å². The van der Waals surface area contributed by atoms with Gasteiger partial charge in [-0.2, -0.15) is 13.2 Å². The Kier molecular flexibility index (Phi) is 25.7. The SMILES string of the molecule is CN1CCN(c2cccc3nc(CN(C)c4cccc5cccnc45)c(CO)n23)CC1.CN1CCN(c2cccc3nc(CN(C)c4cccc5cccnc45)cn23)CC1.Cc1nc(CN(C)c2ccc(C(F)(F)F)c3cccnc23)cc(N2CCN(C)CC2)n1.Cc1nc(CN(C)c2cccc3cccnc23)c(CO)c(N2CCN(C)CC2)n1. The van der Waals surface area contributed by atoms with Gasteiger partial charge in [0, 0.05) is 197 Å². The number of hydrogen-bond donors (Lipinski definition) is 2. The zero-order valence-corrected chi connectivity index (χ0v) is 70.2. The first kappa shape index (κ1) is 83.1. The Bertz CT molecular complexity index is 5840. The molecule has 0 atom stereocenters. The fourth-order valence-corrected chi connectivity index (χ4v) is 16.4. The maximum Gasteiger partial charge on any atom is 0.417 e. The molecule has 14 aromatic rings. The number of para-hydroxylation sites is 3. The topological polar surface area (TPSA) is 217 Å². The van der Waals surface area contributed by atoms with E-state index >= 15 is 0 Å². The van der Waals surface area contributed by atoms with Gasteiger partial charge in [0.2, 0.25) is 0 Å². The van der Waals surface area contributed by atoms with E-state index in [4.69, 9.17) is 9.97 Å². The third kappa shape index (κ3) is 18.9. The van der Waals surface area contributed by atoms with Gasteiger partial charge >= 0.3 is 6.18 Å². The number of pyridine rings is 6. The van der Waals surface area contributed by atoms with Gasteiger partial charge in [-0.15, -0.1) is 0 Å². The molecular formula is C91H107F3N24O2. The minimum Gasteiger partial charge on any atom is -0.391 e. The smallest absolute Gasteiger partial charge is 0.391 e. The van der Waals surface area contributed by atoms with Crippen LogP contribution < -0.4 is 39.2 Å². The molecule has 0 aliphatic carbocycles. The van der Waals surface area contributed by atoms with E-state index in [1.165, 1.54) is 30.2 Å². The normalized spacial score (nSPS) is 15.3. The fraction of sp³-hybridized carbons (Fsp3) is 0.363. The average Bonchev–Trinajstić information content (AvgIpc) is 1.64. The largest absolute Gasteiger partial charge is 0.417 e. The molecule has 10 aromatic heterocycles. The molecule has 14 heterocycles. The van der Waals surface area contributed by atoms with Crippen LogP contribution in [0.3, 0.4) is 0 Å². The second kappa shape index (κ2) is 37.1. The van der Waals surface area contributed by atoms with Crippen LogP contribution in [0.1, 0.15) is 51.2 Å². The molecule has 0 spiro atoms. The number of rotatable bonds is 18. The van der Waals surface area contributed by atoms with Crippen molar-refractivity contribution in [2.45, 2.75) is 59.4 Å². The standard InChI is InChI=1S/C24H28N6O.C23H26N6.C22H25F3N6.C22H28N6O/c1-27-12-14-29(15-13-27)23-10-4-9-22-26-19(21(17-31)30(22)23)16-28(2)20-8-3-6-18-7-5-11-25-24(18)20;1-26-12-14-28(15-13-26)22-10-4-9-21-25-19(17-29(21)22)16-27(2)20-8-3-6-18-7-5-11-24-23(18)20;1-15-27-16(13-20(28-15)31-11-9-29(2)10-12-31)14-30(3)19-7-6-18(22(23,24)25)17-5-4-8-26-21(17)19;1-16-24-19(18(15-29)22(25-16)28-12-10-26(2)11-13-28)14-27(3)20-8-4-6-17-7-5-9-23-21(17)20/h3-11,31H,12-17H2,1-2H3;3-11,17H,12-16H2,1-2H3;4-8,13H,9-12,14H2,1-3H3;4-9,29H,10-15H2,1-3H3. The number of imidazole rings is 2. The zero-order valence-electron chi connectivity index (χ0n) is 70.2. The van der Waals surface area contributed by atoms with Crippen LogP contribution in [0.15, 0.2) is 189 Å². The summed E-state index contributed by atoms with van der Waals surface area (Å²) in [7, 11) is 16.6. The summed E-state index contributed by atoms with van der Waals surface area (Å²) in [5.41, 5.74) is 13.6. The van der Waals surface area contributed by atoms with Crippen molar-refractivity contribution in [1.82, 2.24) is 78.2 Å². The second-order valence-corrected chi connectivity index (χ2v) is 31.7. The molecule has 0 amide bonds. The molecule has 18 rings (SSSR count). The molecule has 624 valence electrons. The molecule has 26 nitrogen and oxygen atoms in total. The van der Waals surface area contributed by atoms with E-state index in [9.17, 15) is 23.4 Å². The predicted molar refractivity (Wildman–Crippen MR) is 475 cm³/mol. The number of aliphatic hydroxyl groups is 2. The number of benzene rings is 4. The summed E-state index contributed by atoms with van der Waals surface area (Å²) in [5.74, 6) is 5.49. The maximum atomic E-state index is 13.4. The first-order chi connectivity index (χ1) is 58.1. The second-order valence-electron chi connectivity index (χ2n) is 31.7. The average molecular weight is 1630 g/mol. The van der Waals surface area contributed by atoms with Crippen molar-refractivity contribution in [3.63, 3.8) is 0 Å². The van der Waals surface area contributed by atoms with Crippen LogP contribution in [-0.4, -0.2) is 250 Å². The van der Waals surface area contributed by atoms with Crippen LogP contribution in [0, 0.1) is 13.8 Å². The number of fused-ring (bicyclic) bond motifs is 6. The number of hydrogen-bond acceptors (Lipinski definition) is 24. The molecule has 0 bridgehead atoms. The lowest BCUT2D eigenvalue weighted by Crippen LogP contribution is -2.45. The molecule has 0 saturated carbocycles. The van der Waals surface area contributed by atoms with Crippen molar-refractivity contribution in [2.24, 2.45) is 0 Å². The summed E-state index contributed by atoms with van der Waals surface area (Å²) in [5, 5.41) is 24.0. The number of alkyl halides is 3. The number of aryl methyl sites for hydroxylation is 2. The molecule has 120 heavy (non-hydrogen) atoms. The van der Waals surface area contributed by atoms with Crippen molar-refractivity contribution in [1.29, 1.82) is 0 Å². The van der Waals surface area contributed by atoms with Crippen LogP contribution in [0.2, 0.25) is 0 Å². The number of aromatic nitrogens is 12. The number of halogens is 3. The first-order valence-electron chi connectivity index (χ1n) is 41.1. The van der Waals surface area contributed by atoms with E-state index < -0.39 is 11.7 Å². The molecular weight excluding hydrogens is 1520 g/mol.